The highest BCUT2D eigenvalue weighted by molar-refractivity contribution is 9.10. The van der Waals surface area contributed by atoms with E-state index < -0.39 is 10.0 Å². The van der Waals surface area contributed by atoms with Crippen LogP contribution in [-0.2, 0) is 10.0 Å². The zero-order chi connectivity index (χ0) is 21.8. The number of H-pyrrole nitrogens is 1. The van der Waals surface area contributed by atoms with E-state index in [0.29, 0.717) is 32.2 Å². The lowest BCUT2D eigenvalue weighted by molar-refractivity contribution is 0.596. The monoisotopic (exact) mass is 535 g/mol. The maximum Gasteiger partial charge on any atom is 0.281 e. The molecule has 5 aromatic rings. The standard InChI is InChI=1S/C20H12BrCl2N5O2S/c21-11-5-8-17-26-18(23)20(28(17)10-11)31(29,30)27-14-7-6-12(22)9-13(14)19-24-15-3-1-2-4-16(15)25-19/h1-10,27H,(H,24,25). The summed E-state index contributed by atoms with van der Waals surface area (Å²) in [5.41, 5.74) is 2.77. The Morgan fingerprint density at radius 3 is 2.65 bits per heavy atom. The van der Waals surface area contributed by atoms with Gasteiger partial charge < -0.3 is 4.98 Å². The number of sulfonamides is 1. The van der Waals surface area contributed by atoms with Crippen LogP contribution in [0.15, 0.2) is 70.3 Å². The van der Waals surface area contributed by atoms with Crippen LogP contribution >= 0.6 is 39.1 Å². The number of benzene rings is 2. The third-order valence-corrected chi connectivity index (χ3v) is 7.09. The number of imidazole rings is 2. The highest BCUT2D eigenvalue weighted by atomic mass is 79.9. The number of hydrogen-bond acceptors (Lipinski definition) is 4. The first kappa shape index (κ1) is 20.3. The molecule has 0 spiro atoms. The van der Waals surface area contributed by atoms with Crippen LogP contribution in [0.1, 0.15) is 0 Å². The van der Waals surface area contributed by atoms with Crippen molar-refractivity contribution < 1.29 is 8.42 Å². The predicted molar refractivity (Wildman–Crippen MR) is 125 cm³/mol. The number of nitrogens with one attached hydrogen (secondary N) is 2. The fourth-order valence-corrected chi connectivity index (χ4v) is 5.51. The van der Waals surface area contributed by atoms with Gasteiger partial charge in [0.1, 0.15) is 11.5 Å². The molecular formula is C20H12BrCl2N5O2S. The van der Waals surface area contributed by atoms with E-state index in [2.05, 4.69) is 35.6 Å². The quantitative estimate of drug-likeness (QED) is 0.306. The van der Waals surface area contributed by atoms with Crippen LogP contribution < -0.4 is 4.72 Å². The summed E-state index contributed by atoms with van der Waals surface area (Å²) in [7, 11) is -4.10. The van der Waals surface area contributed by atoms with Crippen molar-refractivity contribution in [2.45, 2.75) is 5.03 Å². The van der Waals surface area contributed by atoms with Crippen molar-refractivity contribution in [2.24, 2.45) is 0 Å². The molecule has 7 nitrogen and oxygen atoms in total. The minimum Gasteiger partial charge on any atom is -0.338 e. The topological polar surface area (TPSA) is 92.1 Å². The van der Waals surface area contributed by atoms with E-state index >= 15 is 0 Å². The molecule has 2 N–H and O–H groups in total. The van der Waals surface area contributed by atoms with Gasteiger partial charge in [-0.25, -0.2) is 9.97 Å². The SMILES string of the molecule is O=S(=O)(Nc1ccc(Cl)cc1-c1nc2ccccc2[nH]1)c1c(Cl)nc2ccc(Br)cn12. The van der Waals surface area contributed by atoms with E-state index in [1.807, 2.05) is 24.3 Å². The van der Waals surface area contributed by atoms with Crippen molar-refractivity contribution in [1.82, 2.24) is 19.4 Å². The van der Waals surface area contributed by atoms with Crippen LogP contribution in [0.5, 0.6) is 0 Å². The molecule has 3 heterocycles. The van der Waals surface area contributed by atoms with E-state index in [0.717, 1.165) is 11.0 Å². The Balaban J connectivity index is 1.64. The Bertz CT molecular complexity index is 1550. The molecule has 0 saturated heterocycles. The summed E-state index contributed by atoms with van der Waals surface area (Å²) in [5.74, 6) is 0.480. The molecule has 0 saturated carbocycles. The van der Waals surface area contributed by atoms with Crippen LogP contribution in [0, 0.1) is 0 Å². The van der Waals surface area contributed by atoms with Crippen molar-refractivity contribution in [3.8, 4) is 11.4 Å². The van der Waals surface area contributed by atoms with Gasteiger partial charge in [-0.15, -0.1) is 0 Å². The number of hydrogen-bond donors (Lipinski definition) is 2. The molecule has 0 aliphatic carbocycles. The van der Waals surface area contributed by atoms with E-state index in [1.54, 1.807) is 36.5 Å². The number of aromatic amines is 1. The normalized spacial score (nSPS) is 12.0. The Morgan fingerprint density at radius 2 is 1.84 bits per heavy atom. The summed E-state index contributed by atoms with van der Waals surface area (Å²) in [6.45, 7) is 0. The number of halogens is 3. The van der Waals surface area contributed by atoms with Crippen LogP contribution in [0.25, 0.3) is 28.1 Å². The van der Waals surface area contributed by atoms with Gasteiger partial charge in [-0.3, -0.25) is 9.12 Å². The molecular weight excluding hydrogens is 525 g/mol. The summed E-state index contributed by atoms with van der Waals surface area (Å²) in [6.07, 6.45) is 1.59. The van der Waals surface area contributed by atoms with Crippen LogP contribution in [-0.4, -0.2) is 27.8 Å². The van der Waals surface area contributed by atoms with Crippen molar-refractivity contribution in [3.63, 3.8) is 0 Å². The third kappa shape index (κ3) is 3.67. The van der Waals surface area contributed by atoms with Crippen molar-refractivity contribution >= 4 is 71.5 Å². The molecule has 0 unspecified atom stereocenters. The Labute approximate surface area is 195 Å². The van der Waals surface area contributed by atoms with Crippen LogP contribution in [0.2, 0.25) is 10.2 Å². The van der Waals surface area contributed by atoms with E-state index in [9.17, 15) is 8.42 Å². The summed E-state index contributed by atoms with van der Waals surface area (Å²) in [5, 5.41) is 0.135. The molecule has 0 atom stereocenters. The third-order valence-electron chi connectivity index (χ3n) is 4.62. The summed E-state index contributed by atoms with van der Waals surface area (Å²) in [6, 6.07) is 15.7. The van der Waals surface area contributed by atoms with Gasteiger partial charge in [-0.1, -0.05) is 35.3 Å². The molecule has 0 radical (unpaired) electrons. The highest BCUT2D eigenvalue weighted by Gasteiger charge is 2.26. The van der Waals surface area contributed by atoms with Gasteiger partial charge in [-0.2, -0.15) is 8.42 Å². The first-order valence-electron chi connectivity index (χ1n) is 8.92. The van der Waals surface area contributed by atoms with Gasteiger partial charge in [0.2, 0.25) is 0 Å². The smallest absolute Gasteiger partial charge is 0.281 e. The molecule has 2 aromatic carbocycles. The average Bonchev–Trinajstić information content (AvgIpc) is 3.29. The fourth-order valence-electron chi connectivity index (χ4n) is 3.28. The van der Waals surface area contributed by atoms with Gasteiger partial charge in [-0.05, 0) is 58.4 Å². The maximum absolute atomic E-state index is 13.3. The number of pyridine rings is 1. The lowest BCUT2D eigenvalue weighted by atomic mass is 10.2. The van der Waals surface area contributed by atoms with Crippen molar-refractivity contribution in [3.05, 3.63) is 75.4 Å². The van der Waals surface area contributed by atoms with Gasteiger partial charge in [0.25, 0.3) is 10.0 Å². The number of para-hydroxylation sites is 2. The van der Waals surface area contributed by atoms with Crippen LogP contribution in [0.3, 0.4) is 0 Å². The summed E-state index contributed by atoms with van der Waals surface area (Å²) in [4.78, 5) is 11.9. The zero-order valence-electron chi connectivity index (χ0n) is 15.5. The van der Waals surface area contributed by atoms with Crippen molar-refractivity contribution in [2.75, 3.05) is 4.72 Å². The molecule has 31 heavy (non-hydrogen) atoms. The molecule has 0 aliphatic heterocycles. The lowest BCUT2D eigenvalue weighted by Crippen LogP contribution is -2.16. The largest absolute Gasteiger partial charge is 0.338 e. The Kier molecular flexibility index (Phi) is 4.93. The number of aromatic nitrogens is 4. The van der Waals surface area contributed by atoms with Gasteiger partial charge in [0.15, 0.2) is 10.2 Å². The molecule has 0 amide bonds. The molecule has 0 fully saturated rings. The molecule has 3 aromatic heterocycles. The fraction of sp³-hybridized carbons (Fsp3) is 0. The average molecular weight is 537 g/mol. The molecule has 11 heteroatoms. The molecule has 156 valence electrons. The second-order valence-corrected chi connectivity index (χ2v) is 9.99. The zero-order valence-corrected chi connectivity index (χ0v) is 19.4. The predicted octanol–water partition coefficient (Wildman–Crippen LogP) is 5.75. The lowest BCUT2D eigenvalue weighted by Gasteiger charge is -2.12. The van der Waals surface area contributed by atoms with Crippen molar-refractivity contribution in [1.29, 1.82) is 0 Å². The summed E-state index contributed by atoms with van der Waals surface area (Å²) >= 11 is 15.7. The number of anilines is 1. The minimum atomic E-state index is -4.10. The first-order valence-corrected chi connectivity index (χ1v) is 12.0. The second kappa shape index (κ2) is 7.52. The Hall–Kier alpha value is -2.59. The first-order chi connectivity index (χ1) is 14.8. The highest BCUT2D eigenvalue weighted by Crippen LogP contribution is 2.33. The summed E-state index contributed by atoms with van der Waals surface area (Å²) < 4.78 is 31.3. The number of rotatable bonds is 4. The minimum absolute atomic E-state index is 0.134. The Morgan fingerprint density at radius 1 is 1.03 bits per heavy atom. The maximum atomic E-state index is 13.3. The van der Waals surface area contributed by atoms with E-state index in [1.165, 1.54) is 4.40 Å². The number of fused-ring (bicyclic) bond motifs is 2. The van der Waals surface area contributed by atoms with Gasteiger partial charge >= 0.3 is 0 Å². The second-order valence-electron chi connectivity index (χ2n) is 6.68. The van der Waals surface area contributed by atoms with Crippen LogP contribution in [0.4, 0.5) is 5.69 Å². The van der Waals surface area contributed by atoms with E-state index in [-0.39, 0.29) is 10.2 Å². The molecule has 0 aliphatic rings. The number of nitrogens with zero attached hydrogens (tertiary/aromatic N) is 3. The van der Waals surface area contributed by atoms with Gasteiger partial charge in [0, 0.05) is 21.3 Å². The van der Waals surface area contributed by atoms with Gasteiger partial charge in [0.05, 0.1) is 16.7 Å². The molecule has 0 bridgehead atoms. The van der Waals surface area contributed by atoms with E-state index in [4.69, 9.17) is 23.2 Å². The molecule has 5 rings (SSSR count).